The molecule has 0 aliphatic carbocycles. The number of nitrogens with two attached hydrogens (primary N) is 1. The topological polar surface area (TPSA) is 132 Å². The zero-order valence-electron chi connectivity index (χ0n) is 9.38. The summed E-state index contributed by atoms with van der Waals surface area (Å²) in [7, 11) is 0. The second-order valence-corrected chi connectivity index (χ2v) is 3.41. The van der Waals surface area contributed by atoms with Gasteiger partial charge in [0.25, 0.3) is 0 Å². The molecule has 2 aromatic heterocycles. The van der Waals surface area contributed by atoms with Crippen LogP contribution in [-0.2, 0) is 0 Å². The highest BCUT2D eigenvalue weighted by atomic mass is 16.6. The summed E-state index contributed by atoms with van der Waals surface area (Å²) in [5.74, 6) is 5.45. The normalized spacial score (nSPS) is 10.1. The number of hydrogen-bond acceptors (Lipinski definition) is 7. The molecule has 2 aromatic rings. The third-order valence-electron chi connectivity index (χ3n) is 2.07. The maximum absolute atomic E-state index is 10.8. The zero-order valence-corrected chi connectivity index (χ0v) is 9.38. The van der Waals surface area contributed by atoms with Crippen LogP contribution in [0.5, 0.6) is 11.8 Å². The second kappa shape index (κ2) is 4.67. The third-order valence-corrected chi connectivity index (χ3v) is 2.07. The molecule has 2 rings (SSSR count). The van der Waals surface area contributed by atoms with E-state index in [2.05, 4.69) is 20.6 Å². The predicted molar refractivity (Wildman–Crippen MR) is 62.1 cm³/mol. The van der Waals surface area contributed by atoms with Crippen LogP contribution in [0.25, 0.3) is 0 Å². The Morgan fingerprint density at radius 1 is 1.56 bits per heavy atom. The summed E-state index contributed by atoms with van der Waals surface area (Å²) in [6.07, 6.45) is 0. The number of nitro groups is 1. The predicted octanol–water partition coefficient (Wildman–Crippen LogP) is 1.10. The molecule has 0 unspecified atom stereocenters. The van der Waals surface area contributed by atoms with Crippen molar-refractivity contribution in [2.45, 2.75) is 6.92 Å². The van der Waals surface area contributed by atoms with Crippen molar-refractivity contribution in [1.29, 1.82) is 0 Å². The summed E-state index contributed by atoms with van der Waals surface area (Å²) in [4.78, 5) is 14.1. The van der Waals surface area contributed by atoms with Crippen LogP contribution in [0.15, 0.2) is 18.2 Å². The lowest BCUT2D eigenvalue weighted by Crippen LogP contribution is -2.09. The number of pyridine rings is 1. The molecular formula is C9H10N6O3. The molecule has 0 fully saturated rings. The third kappa shape index (κ3) is 2.35. The first-order valence-corrected chi connectivity index (χ1v) is 4.92. The molecule has 18 heavy (non-hydrogen) atoms. The highest BCUT2D eigenvalue weighted by molar-refractivity contribution is 5.49. The Hall–Kier alpha value is -2.68. The number of aromatic nitrogens is 3. The van der Waals surface area contributed by atoms with Crippen molar-refractivity contribution >= 4 is 11.5 Å². The van der Waals surface area contributed by atoms with Crippen LogP contribution in [0.3, 0.4) is 0 Å². The molecule has 4 N–H and O–H groups in total. The highest BCUT2D eigenvalue weighted by Gasteiger charge is 2.19. The van der Waals surface area contributed by atoms with Crippen LogP contribution in [0.2, 0.25) is 0 Å². The number of rotatable bonds is 4. The van der Waals surface area contributed by atoms with E-state index in [0.29, 0.717) is 0 Å². The Bertz CT molecular complexity index is 581. The van der Waals surface area contributed by atoms with Gasteiger partial charge < -0.3 is 10.2 Å². The number of nitrogens with zero attached hydrogens (tertiary/aromatic N) is 3. The second-order valence-electron chi connectivity index (χ2n) is 3.41. The van der Waals surface area contributed by atoms with E-state index in [0.717, 1.165) is 5.69 Å². The number of H-pyrrole nitrogens is 1. The molecule has 0 aliphatic rings. The summed E-state index contributed by atoms with van der Waals surface area (Å²) in [5.41, 5.74) is 2.78. The van der Waals surface area contributed by atoms with Crippen molar-refractivity contribution in [3.63, 3.8) is 0 Å². The monoisotopic (exact) mass is 250 g/mol. The van der Waals surface area contributed by atoms with Crippen molar-refractivity contribution in [2.24, 2.45) is 5.84 Å². The maximum Gasteiger partial charge on any atom is 0.331 e. The molecule has 0 aromatic carbocycles. The number of aromatic amines is 1. The molecular weight excluding hydrogens is 240 g/mol. The van der Waals surface area contributed by atoms with Gasteiger partial charge in [0.15, 0.2) is 0 Å². The number of hydrogen-bond donors (Lipinski definition) is 3. The number of aryl methyl sites for hydroxylation is 1. The first-order valence-electron chi connectivity index (χ1n) is 4.92. The largest absolute Gasteiger partial charge is 0.413 e. The first kappa shape index (κ1) is 11.8. The van der Waals surface area contributed by atoms with E-state index in [-0.39, 0.29) is 23.3 Å². The number of ether oxygens (including phenoxy) is 1. The molecule has 0 atom stereocenters. The highest BCUT2D eigenvalue weighted by Crippen LogP contribution is 2.29. The van der Waals surface area contributed by atoms with Gasteiger partial charge in [0, 0.05) is 17.8 Å². The van der Waals surface area contributed by atoms with Gasteiger partial charge in [-0.1, -0.05) is 0 Å². The van der Waals surface area contributed by atoms with E-state index in [1.165, 1.54) is 12.1 Å². The number of anilines is 1. The molecule has 2 heterocycles. The van der Waals surface area contributed by atoms with Crippen LogP contribution in [-0.4, -0.2) is 20.1 Å². The van der Waals surface area contributed by atoms with E-state index >= 15 is 0 Å². The molecule has 0 aliphatic heterocycles. The van der Waals surface area contributed by atoms with Gasteiger partial charge in [-0.05, 0) is 13.0 Å². The Morgan fingerprint density at radius 3 is 2.89 bits per heavy atom. The van der Waals surface area contributed by atoms with Gasteiger partial charge in [0.05, 0.1) is 4.92 Å². The van der Waals surface area contributed by atoms with Crippen molar-refractivity contribution in [3.8, 4) is 11.8 Å². The van der Waals surface area contributed by atoms with E-state index in [4.69, 9.17) is 10.6 Å². The molecule has 0 bridgehead atoms. The van der Waals surface area contributed by atoms with Crippen molar-refractivity contribution in [3.05, 3.63) is 34.0 Å². The first-order chi connectivity index (χ1) is 8.60. The Balaban J connectivity index is 2.37. The quantitative estimate of drug-likeness (QED) is 0.420. The average molecular weight is 250 g/mol. The standard InChI is InChI=1S/C9H10N6O3/c1-5-4-8(14-13-5)18-9-6(15(16)17)2-3-7(11-9)12-10/h2-4H,10H2,1H3,(H,11,12)(H,13,14). The Kier molecular flexibility index (Phi) is 3.06. The number of nitrogen functional groups attached to an aromatic ring is 1. The molecule has 0 saturated carbocycles. The van der Waals surface area contributed by atoms with Crippen LogP contribution >= 0.6 is 0 Å². The van der Waals surface area contributed by atoms with Crippen molar-refractivity contribution < 1.29 is 9.66 Å². The summed E-state index contributed by atoms with van der Waals surface area (Å²) >= 11 is 0. The lowest BCUT2D eigenvalue weighted by atomic mass is 10.4. The minimum Gasteiger partial charge on any atom is -0.413 e. The van der Waals surface area contributed by atoms with Crippen molar-refractivity contribution in [1.82, 2.24) is 15.2 Å². The smallest absolute Gasteiger partial charge is 0.331 e. The molecule has 0 amide bonds. The van der Waals surface area contributed by atoms with Gasteiger partial charge in [0.2, 0.25) is 5.88 Å². The van der Waals surface area contributed by atoms with E-state index < -0.39 is 4.92 Å². The SMILES string of the molecule is Cc1cc(Oc2nc(NN)ccc2[N+](=O)[O-])n[nH]1. The zero-order chi connectivity index (χ0) is 13.1. The van der Waals surface area contributed by atoms with Crippen LogP contribution < -0.4 is 16.0 Å². The van der Waals surface area contributed by atoms with E-state index in [1.807, 2.05) is 0 Å². The number of nitrogens with one attached hydrogen (secondary N) is 2. The summed E-state index contributed by atoms with van der Waals surface area (Å²) in [5, 5.41) is 17.3. The summed E-state index contributed by atoms with van der Waals surface area (Å²) < 4.78 is 5.24. The van der Waals surface area contributed by atoms with Crippen LogP contribution in [0.4, 0.5) is 11.5 Å². The summed E-state index contributed by atoms with van der Waals surface area (Å²) in [6.45, 7) is 1.78. The fourth-order valence-electron chi connectivity index (χ4n) is 1.27. The van der Waals surface area contributed by atoms with Gasteiger partial charge in [-0.2, -0.15) is 4.98 Å². The minimum absolute atomic E-state index is 0.179. The molecule has 94 valence electrons. The van der Waals surface area contributed by atoms with Gasteiger partial charge in [-0.25, -0.2) is 5.84 Å². The average Bonchev–Trinajstić information content (AvgIpc) is 2.74. The lowest BCUT2D eigenvalue weighted by molar-refractivity contribution is -0.386. The van der Waals surface area contributed by atoms with Gasteiger partial charge in [-0.3, -0.25) is 15.2 Å². The maximum atomic E-state index is 10.8. The molecule has 9 heteroatoms. The van der Waals surface area contributed by atoms with Crippen LogP contribution in [0.1, 0.15) is 5.69 Å². The molecule has 0 spiro atoms. The van der Waals surface area contributed by atoms with Crippen molar-refractivity contribution in [2.75, 3.05) is 5.43 Å². The van der Waals surface area contributed by atoms with Gasteiger partial charge in [-0.15, -0.1) is 5.10 Å². The molecule has 9 nitrogen and oxygen atoms in total. The minimum atomic E-state index is -0.595. The van der Waals surface area contributed by atoms with Crippen LogP contribution in [0, 0.1) is 17.0 Å². The summed E-state index contributed by atoms with van der Waals surface area (Å²) in [6, 6.07) is 4.21. The Labute approximate surface area is 101 Å². The number of hydrazine groups is 1. The van der Waals surface area contributed by atoms with Gasteiger partial charge in [0.1, 0.15) is 5.82 Å². The molecule has 0 saturated heterocycles. The fraction of sp³-hybridized carbons (Fsp3) is 0.111. The van der Waals surface area contributed by atoms with E-state index in [1.54, 1.807) is 13.0 Å². The van der Waals surface area contributed by atoms with Gasteiger partial charge >= 0.3 is 11.6 Å². The fourth-order valence-corrected chi connectivity index (χ4v) is 1.27. The Morgan fingerprint density at radius 2 is 2.33 bits per heavy atom. The van der Waals surface area contributed by atoms with E-state index in [9.17, 15) is 10.1 Å². The molecule has 0 radical (unpaired) electrons. The lowest BCUT2D eigenvalue weighted by Gasteiger charge is -2.04.